The van der Waals surface area contributed by atoms with Crippen LogP contribution in [0.15, 0.2) is 35.3 Å². The first-order chi connectivity index (χ1) is 9.81. The summed E-state index contributed by atoms with van der Waals surface area (Å²) in [6.07, 6.45) is 5.57. The number of nitrogens with zero attached hydrogens (tertiary/aromatic N) is 1. The van der Waals surface area contributed by atoms with Crippen LogP contribution < -0.4 is 5.32 Å². The van der Waals surface area contributed by atoms with E-state index in [1.54, 1.807) is 0 Å². The predicted molar refractivity (Wildman–Crippen MR) is 88.2 cm³/mol. The molecule has 2 aliphatic rings. The Kier molecular flexibility index (Phi) is 4.66. The molecule has 3 heteroatoms. The number of aliphatic imine (C=N–C) groups is 1. The number of thioether (sulfide) groups is 1. The molecule has 1 aliphatic heterocycles. The van der Waals surface area contributed by atoms with Crippen LogP contribution in [0.25, 0.3) is 0 Å². The maximum atomic E-state index is 4.66. The van der Waals surface area contributed by atoms with Gasteiger partial charge in [0, 0.05) is 6.54 Å². The van der Waals surface area contributed by atoms with Crippen molar-refractivity contribution in [3.8, 4) is 0 Å². The molecule has 1 fully saturated rings. The fraction of sp³-hybridized carbons (Fsp3) is 0.588. The minimum atomic E-state index is 0.505. The molecule has 2 nitrogen and oxygen atoms in total. The van der Waals surface area contributed by atoms with Crippen LogP contribution in [-0.4, -0.2) is 18.3 Å². The highest BCUT2D eigenvalue weighted by Crippen LogP contribution is 2.34. The molecule has 1 aromatic rings. The second-order valence-corrected chi connectivity index (χ2v) is 7.36. The highest BCUT2D eigenvalue weighted by atomic mass is 32.2. The molecule has 0 radical (unpaired) electrons. The van der Waals surface area contributed by atoms with Crippen LogP contribution in [-0.2, 0) is 0 Å². The fourth-order valence-corrected chi connectivity index (χ4v) is 4.11. The Bertz CT molecular complexity index is 449. The second-order valence-electron chi connectivity index (χ2n) is 6.17. The van der Waals surface area contributed by atoms with Crippen LogP contribution in [0.2, 0.25) is 0 Å². The monoisotopic (exact) mass is 288 g/mol. The van der Waals surface area contributed by atoms with E-state index in [1.807, 2.05) is 11.8 Å². The first kappa shape index (κ1) is 14.0. The van der Waals surface area contributed by atoms with Gasteiger partial charge in [-0.25, -0.2) is 0 Å². The van der Waals surface area contributed by atoms with Gasteiger partial charge in [-0.3, -0.25) is 4.99 Å². The molecule has 0 bridgehead atoms. The van der Waals surface area contributed by atoms with Crippen molar-refractivity contribution in [1.82, 2.24) is 5.32 Å². The van der Waals surface area contributed by atoms with Gasteiger partial charge in [-0.15, -0.1) is 0 Å². The fourth-order valence-electron chi connectivity index (χ4n) is 3.08. The Balaban J connectivity index is 1.44. The minimum absolute atomic E-state index is 0.505. The molecule has 1 heterocycles. The van der Waals surface area contributed by atoms with Crippen molar-refractivity contribution in [2.45, 2.75) is 37.9 Å². The number of hydrogen-bond acceptors (Lipinski definition) is 3. The first-order valence-corrected chi connectivity index (χ1v) is 8.69. The van der Waals surface area contributed by atoms with E-state index in [9.17, 15) is 0 Å². The summed E-state index contributed by atoms with van der Waals surface area (Å²) < 4.78 is 0. The number of amidine groups is 1. The number of nitrogens with one attached hydrogen (secondary N) is 1. The molecule has 1 unspecified atom stereocenters. The van der Waals surface area contributed by atoms with Crippen molar-refractivity contribution in [2.75, 3.05) is 13.1 Å². The first-order valence-electron chi connectivity index (χ1n) is 7.81. The third-order valence-corrected chi connectivity index (χ3v) is 5.71. The van der Waals surface area contributed by atoms with Crippen molar-refractivity contribution < 1.29 is 0 Å². The molecule has 1 N–H and O–H groups in total. The van der Waals surface area contributed by atoms with Crippen molar-refractivity contribution in [1.29, 1.82) is 0 Å². The molecule has 0 amide bonds. The molecule has 0 saturated heterocycles. The van der Waals surface area contributed by atoms with E-state index in [4.69, 9.17) is 0 Å². The summed E-state index contributed by atoms with van der Waals surface area (Å²) >= 11 is 1.89. The molecule has 0 aromatic heterocycles. The molecule has 108 valence electrons. The van der Waals surface area contributed by atoms with Crippen molar-refractivity contribution in [3.05, 3.63) is 35.9 Å². The van der Waals surface area contributed by atoms with Crippen LogP contribution in [0.3, 0.4) is 0 Å². The van der Waals surface area contributed by atoms with Gasteiger partial charge in [-0.05, 0) is 30.2 Å². The summed E-state index contributed by atoms with van der Waals surface area (Å²) in [5.74, 6) is 1.79. The molecule has 3 rings (SSSR count). The van der Waals surface area contributed by atoms with Gasteiger partial charge in [-0.1, -0.05) is 61.9 Å². The average Bonchev–Trinajstić information content (AvgIpc) is 2.97. The summed E-state index contributed by atoms with van der Waals surface area (Å²) in [5.41, 5.74) is 1.39. The molecule has 1 aliphatic carbocycles. The summed E-state index contributed by atoms with van der Waals surface area (Å²) in [6, 6.07) is 10.7. The number of benzene rings is 1. The van der Waals surface area contributed by atoms with Crippen LogP contribution >= 0.6 is 11.8 Å². The third-order valence-electron chi connectivity index (χ3n) is 4.50. The van der Waals surface area contributed by atoms with Gasteiger partial charge in [0.25, 0.3) is 0 Å². The number of rotatable bonds is 3. The Hall–Kier alpha value is -0.960. The normalized spacial score (nSPS) is 30.1. The molecular formula is C17H24N2S. The Morgan fingerprint density at radius 1 is 1.15 bits per heavy atom. The smallest absolute Gasteiger partial charge is 0.157 e. The van der Waals surface area contributed by atoms with Crippen LogP contribution in [0, 0.1) is 11.8 Å². The largest absolute Gasteiger partial charge is 0.365 e. The molecule has 1 atom stereocenters. The summed E-state index contributed by atoms with van der Waals surface area (Å²) in [7, 11) is 0. The Morgan fingerprint density at radius 3 is 2.65 bits per heavy atom. The number of hydrogen-bond donors (Lipinski definition) is 1. The van der Waals surface area contributed by atoms with E-state index in [0.29, 0.717) is 5.25 Å². The van der Waals surface area contributed by atoms with Gasteiger partial charge in [0.05, 0.1) is 11.8 Å². The predicted octanol–water partition coefficient (Wildman–Crippen LogP) is 4.25. The quantitative estimate of drug-likeness (QED) is 0.899. The molecule has 1 aromatic carbocycles. The van der Waals surface area contributed by atoms with E-state index < -0.39 is 0 Å². The van der Waals surface area contributed by atoms with E-state index in [0.717, 1.165) is 30.1 Å². The van der Waals surface area contributed by atoms with Crippen molar-refractivity contribution in [2.24, 2.45) is 16.8 Å². The summed E-state index contributed by atoms with van der Waals surface area (Å²) in [4.78, 5) is 4.66. The maximum Gasteiger partial charge on any atom is 0.157 e. The lowest BCUT2D eigenvalue weighted by Gasteiger charge is -2.26. The highest BCUT2D eigenvalue weighted by molar-refractivity contribution is 8.14. The summed E-state index contributed by atoms with van der Waals surface area (Å²) in [5, 5.41) is 5.23. The van der Waals surface area contributed by atoms with Crippen LogP contribution in [0.1, 0.15) is 43.4 Å². The van der Waals surface area contributed by atoms with Gasteiger partial charge in [0.2, 0.25) is 0 Å². The van der Waals surface area contributed by atoms with Gasteiger partial charge in [0.15, 0.2) is 5.17 Å². The van der Waals surface area contributed by atoms with E-state index >= 15 is 0 Å². The van der Waals surface area contributed by atoms with Gasteiger partial charge in [-0.2, -0.15) is 0 Å². The maximum absolute atomic E-state index is 4.66. The average molecular weight is 288 g/mol. The zero-order chi connectivity index (χ0) is 13.8. The van der Waals surface area contributed by atoms with E-state index in [2.05, 4.69) is 47.6 Å². The van der Waals surface area contributed by atoms with Gasteiger partial charge >= 0.3 is 0 Å². The van der Waals surface area contributed by atoms with Crippen LogP contribution in [0.5, 0.6) is 0 Å². The molecular weight excluding hydrogens is 264 g/mol. The van der Waals surface area contributed by atoms with Crippen LogP contribution in [0.4, 0.5) is 0 Å². The minimum Gasteiger partial charge on any atom is -0.365 e. The Morgan fingerprint density at radius 2 is 1.90 bits per heavy atom. The lowest BCUT2D eigenvalue weighted by Crippen LogP contribution is -2.28. The highest BCUT2D eigenvalue weighted by Gasteiger charge is 2.23. The van der Waals surface area contributed by atoms with Crippen molar-refractivity contribution in [3.63, 3.8) is 0 Å². The topological polar surface area (TPSA) is 24.4 Å². The second kappa shape index (κ2) is 6.66. The van der Waals surface area contributed by atoms with Crippen molar-refractivity contribution >= 4 is 16.9 Å². The standard InChI is InChI=1S/C17H24N2S/c1-13-7-9-14(10-8-13)11-18-17-19-12-16(20-17)15-5-3-2-4-6-15/h2-6,13-14,16H,7-12H2,1H3,(H,18,19). The lowest BCUT2D eigenvalue weighted by molar-refractivity contribution is 0.290. The lowest BCUT2D eigenvalue weighted by atomic mass is 9.83. The Labute approximate surface area is 126 Å². The third kappa shape index (κ3) is 3.57. The SMILES string of the molecule is CC1CCC(CNC2=NCC(c3ccccc3)S2)CC1. The zero-order valence-electron chi connectivity index (χ0n) is 12.2. The zero-order valence-corrected chi connectivity index (χ0v) is 13.0. The summed E-state index contributed by atoms with van der Waals surface area (Å²) in [6.45, 7) is 4.41. The molecule has 1 saturated carbocycles. The van der Waals surface area contributed by atoms with Gasteiger partial charge in [0.1, 0.15) is 0 Å². The van der Waals surface area contributed by atoms with E-state index in [1.165, 1.54) is 31.2 Å². The molecule has 0 spiro atoms. The molecule has 20 heavy (non-hydrogen) atoms. The van der Waals surface area contributed by atoms with Gasteiger partial charge < -0.3 is 5.32 Å². The van der Waals surface area contributed by atoms with E-state index in [-0.39, 0.29) is 0 Å².